The summed E-state index contributed by atoms with van der Waals surface area (Å²) in [6, 6.07) is 4.36. The summed E-state index contributed by atoms with van der Waals surface area (Å²) in [5.41, 5.74) is -0.856. The van der Waals surface area contributed by atoms with E-state index in [-0.39, 0.29) is 13.0 Å². The monoisotopic (exact) mass is 350 g/mol. The molecule has 1 unspecified atom stereocenters. The molecular formula is C17H22N2O6. The van der Waals surface area contributed by atoms with Crippen molar-refractivity contribution in [2.24, 2.45) is 0 Å². The fraction of sp³-hybridized carbons (Fsp3) is 0.471. The Morgan fingerprint density at radius 1 is 1.20 bits per heavy atom. The van der Waals surface area contributed by atoms with E-state index < -0.39 is 30.0 Å². The molecule has 0 saturated carbocycles. The molecule has 8 nitrogen and oxygen atoms in total. The number of amides is 3. The first kappa shape index (κ1) is 18.6. The van der Waals surface area contributed by atoms with Gasteiger partial charge in [-0.3, -0.25) is 14.5 Å². The molecule has 1 atom stereocenters. The predicted octanol–water partition coefficient (Wildman–Crippen LogP) is 1.42. The molecule has 1 aliphatic rings. The van der Waals surface area contributed by atoms with Crippen molar-refractivity contribution in [3.05, 3.63) is 23.8 Å². The lowest BCUT2D eigenvalue weighted by atomic mass is 9.86. The zero-order valence-electron chi connectivity index (χ0n) is 14.8. The first-order valence-corrected chi connectivity index (χ1v) is 7.95. The first-order chi connectivity index (χ1) is 11.9. The van der Waals surface area contributed by atoms with Crippen LogP contribution in [-0.2, 0) is 19.9 Å². The van der Waals surface area contributed by atoms with Crippen LogP contribution in [0, 0.1) is 0 Å². The summed E-state index contributed by atoms with van der Waals surface area (Å²) in [5.74, 6) is -0.209. The van der Waals surface area contributed by atoms with Crippen LogP contribution in [0.3, 0.4) is 0 Å². The quantitative estimate of drug-likeness (QED) is 0.590. The standard InChI is InChI=1S/C17H22N2O6/c1-5-17(12-9-11(23-3)7-8-13(12)24-4)15(21)19(16(22)18-17)10-14(20)25-6-2/h7-9H,5-6,10H2,1-4H3,(H,18,22). The van der Waals surface area contributed by atoms with Gasteiger partial charge in [-0.1, -0.05) is 6.92 Å². The van der Waals surface area contributed by atoms with Gasteiger partial charge in [-0.05, 0) is 31.5 Å². The third-order valence-electron chi connectivity index (χ3n) is 4.17. The number of methoxy groups -OCH3 is 2. The molecule has 25 heavy (non-hydrogen) atoms. The third-order valence-corrected chi connectivity index (χ3v) is 4.17. The van der Waals surface area contributed by atoms with Gasteiger partial charge in [0, 0.05) is 5.56 Å². The Morgan fingerprint density at radius 3 is 2.48 bits per heavy atom. The van der Waals surface area contributed by atoms with Crippen LogP contribution < -0.4 is 14.8 Å². The summed E-state index contributed by atoms with van der Waals surface area (Å²) in [6.07, 6.45) is 0.278. The highest BCUT2D eigenvalue weighted by Gasteiger charge is 2.53. The highest BCUT2D eigenvalue weighted by molar-refractivity contribution is 6.09. The number of rotatable bonds is 7. The van der Waals surface area contributed by atoms with Crippen LogP contribution in [0.25, 0.3) is 0 Å². The lowest BCUT2D eigenvalue weighted by Gasteiger charge is -2.27. The number of nitrogens with one attached hydrogen (secondary N) is 1. The number of esters is 1. The van der Waals surface area contributed by atoms with E-state index in [4.69, 9.17) is 14.2 Å². The average Bonchev–Trinajstić information content (AvgIpc) is 2.86. The lowest BCUT2D eigenvalue weighted by Crippen LogP contribution is -2.44. The van der Waals surface area contributed by atoms with Crippen LogP contribution in [0.1, 0.15) is 25.8 Å². The average molecular weight is 350 g/mol. The summed E-state index contributed by atoms with van der Waals surface area (Å²) < 4.78 is 15.4. The molecule has 1 aromatic carbocycles. The van der Waals surface area contributed by atoms with E-state index in [1.165, 1.54) is 14.2 Å². The number of hydrogen-bond acceptors (Lipinski definition) is 6. The number of carbonyl (C=O) groups is 3. The zero-order valence-corrected chi connectivity index (χ0v) is 14.8. The summed E-state index contributed by atoms with van der Waals surface area (Å²) >= 11 is 0. The van der Waals surface area contributed by atoms with Crippen molar-refractivity contribution in [3.8, 4) is 11.5 Å². The molecule has 2 rings (SSSR count). The molecule has 0 aliphatic carbocycles. The fourth-order valence-corrected chi connectivity index (χ4v) is 2.87. The topological polar surface area (TPSA) is 94.2 Å². The normalized spacial score (nSPS) is 19.6. The van der Waals surface area contributed by atoms with E-state index in [0.29, 0.717) is 17.1 Å². The highest BCUT2D eigenvalue weighted by Crippen LogP contribution is 2.39. The molecule has 1 saturated heterocycles. The predicted molar refractivity (Wildman–Crippen MR) is 88.4 cm³/mol. The van der Waals surface area contributed by atoms with Crippen molar-refractivity contribution < 1.29 is 28.6 Å². The number of hydrogen-bond donors (Lipinski definition) is 1. The summed E-state index contributed by atoms with van der Waals surface area (Å²) in [7, 11) is 2.98. The van der Waals surface area contributed by atoms with Crippen LogP contribution in [0.15, 0.2) is 18.2 Å². The van der Waals surface area contributed by atoms with Crippen molar-refractivity contribution in [2.45, 2.75) is 25.8 Å². The van der Waals surface area contributed by atoms with E-state index in [9.17, 15) is 14.4 Å². The van der Waals surface area contributed by atoms with Gasteiger partial charge in [0.2, 0.25) is 0 Å². The molecule has 1 aromatic rings. The maximum Gasteiger partial charge on any atom is 0.326 e. The number of urea groups is 1. The van der Waals surface area contributed by atoms with Gasteiger partial charge in [-0.25, -0.2) is 4.79 Å². The number of ether oxygens (including phenoxy) is 3. The molecule has 136 valence electrons. The molecule has 1 N–H and O–H groups in total. The minimum absolute atomic E-state index is 0.172. The molecule has 3 amide bonds. The Labute approximate surface area is 146 Å². The number of benzene rings is 1. The molecule has 1 aliphatic heterocycles. The van der Waals surface area contributed by atoms with Crippen LogP contribution >= 0.6 is 0 Å². The maximum atomic E-state index is 13.0. The molecule has 0 aromatic heterocycles. The molecule has 8 heteroatoms. The van der Waals surface area contributed by atoms with E-state index in [1.54, 1.807) is 32.0 Å². The smallest absolute Gasteiger partial charge is 0.326 e. The van der Waals surface area contributed by atoms with E-state index >= 15 is 0 Å². The SMILES string of the molecule is CCOC(=O)CN1C(=O)NC(CC)(c2cc(OC)ccc2OC)C1=O. The Morgan fingerprint density at radius 2 is 1.92 bits per heavy atom. The van der Waals surface area contributed by atoms with Gasteiger partial charge in [0.25, 0.3) is 5.91 Å². The van der Waals surface area contributed by atoms with E-state index in [1.807, 2.05) is 0 Å². The van der Waals surface area contributed by atoms with Crippen LogP contribution in [0.5, 0.6) is 11.5 Å². The Hall–Kier alpha value is -2.77. The van der Waals surface area contributed by atoms with Gasteiger partial charge in [0.1, 0.15) is 23.6 Å². The van der Waals surface area contributed by atoms with Crippen molar-refractivity contribution in [2.75, 3.05) is 27.4 Å². The highest BCUT2D eigenvalue weighted by atomic mass is 16.5. The summed E-state index contributed by atoms with van der Waals surface area (Å²) in [5, 5.41) is 2.70. The minimum atomic E-state index is -1.33. The summed E-state index contributed by atoms with van der Waals surface area (Å²) in [4.78, 5) is 37.9. The molecule has 0 radical (unpaired) electrons. The van der Waals surface area contributed by atoms with Crippen LogP contribution in [0.4, 0.5) is 4.79 Å². The first-order valence-electron chi connectivity index (χ1n) is 7.95. The molecule has 0 spiro atoms. The van der Waals surface area contributed by atoms with Crippen LogP contribution in [0.2, 0.25) is 0 Å². The Bertz CT molecular complexity index is 690. The van der Waals surface area contributed by atoms with Crippen molar-refractivity contribution in [3.63, 3.8) is 0 Å². The van der Waals surface area contributed by atoms with Crippen molar-refractivity contribution >= 4 is 17.9 Å². The van der Waals surface area contributed by atoms with E-state index in [2.05, 4.69) is 5.32 Å². The molecular weight excluding hydrogens is 328 g/mol. The zero-order chi connectivity index (χ0) is 18.6. The van der Waals surface area contributed by atoms with E-state index in [0.717, 1.165) is 4.90 Å². The Kier molecular flexibility index (Phi) is 5.51. The largest absolute Gasteiger partial charge is 0.497 e. The summed E-state index contributed by atoms with van der Waals surface area (Å²) in [6.45, 7) is 3.16. The van der Waals surface area contributed by atoms with Crippen LogP contribution in [-0.4, -0.2) is 50.2 Å². The van der Waals surface area contributed by atoms with Crippen molar-refractivity contribution in [1.82, 2.24) is 10.2 Å². The van der Waals surface area contributed by atoms with Gasteiger partial charge < -0.3 is 19.5 Å². The van der Waals surface area contributed by atoms with Gasteiger partial charge in [-0.15, -0.1) is 0 Å². The second-order valence-electron chi connectivity index (χ2n) is 5.45. The number of carbonyl (C=O) groups excluding carboxylic acids is 3. The number of nitrogens with zero attached hydrogens (tertiary/aromatic N) is 1. The lowest BCUT2D eigenvalue weighted by molar-refractivity contribution is -0.147. The minimum Gasteiger partial charge on any atom is -0.497 e. The maximum absolute atomic E-state index is 13.0. The Balaban J connectivity index is 2.46. The van der Waals surface area contributed by atoms with Gasteiger partial charge in [0.05, 0.1) is 20.8 Å². The number of imide groups is 1. The van der Waals surface area contributed by atoms with Gasteiger partial charge in [0.15, 0.2) is 0 Å². The van der Waals surface area contributed by atoms with Crippen molar-refractivity contribution in [1.29, 1.82) is 0 Å². The second kappa shape index (κ2) is 7.42. The van der Waals surface area contributed by atoms with Gasteiger partial charge >= 0.3 is 12.0 Å². The fourth-order valence-electron chi connectivity index (χ4n) is 2.87. The molecule has 1 heterocycles. The molecule has 0 bridgehead atoms. The molecule has 1 fully saturated rings. The second-order valence-corrected chi connectivity index (χ2v) is 5.45. The third kappa shape index (κ3) is 3.24. The van der Waals surface area contributed by atoms with Gasteiger partial charge in [-0.2, -0.15) is 0 Å².